The van der Waals surface area contributed by atoms with Crippen molar-refractivity contribution < 1.29 is 34.7 Å². The van der Waals surface area contributed by atoms with Crippen molar-refractivity contribution >= 4 is 5.78 Å². The standard InChI is InChI=1S/C38H42N2O7/c1-3-13-39-15-11-35-28-20-5-7-24(41)31(28)46-33(35)22(9-10-37(35,44)26(39)17-20)23-19-38(45)27-18-21-6-8-25(42)32-29(21)36(38,34(47-32)30(23)43)12-16-40(27)14-4-2/h3-8,22-23,26-27,33-34,41-42,44-45H,1-2,9-19H2/t22?,23?,26?,27?,33?,34?,35?,36?,37-,38-/m1/s1. The van der Waals surface area contributed by atoms with Gasteiger partial charge in [-0.2, -0.15) is 0 Å². The molecule has 10 atom stereocenters. The minimum Gasteiger partial charge on any atom is -0.504 e. The Morgan fingerprint density at radius 1 is 0.809 bits per heavy atom. The number of benzene rings is 2. The van der Waals surface area contributed by atoms with Crippen LogP contribution in [0.1, 0.15) is 54.4 Å². The number of piperidine rings is 2. The lowest BCUT2D eigenvalue weighted by Crippen LogP contribution is -2.80. The first-order valence-corrected chi connectivity index (χ1v) is 17.4. The van der Waals surface area contributed by atoms with Gasteiger partial charge in [-0.3, -0.25) is 14.6 Å². The minimum absolute atomic E-state index is 0.00456. The van der Waals surface area contributed by atoms with Gasteiger partial charge in [-0.1, -0.05) is 24.3 Å². The van der Waals surface area contributed by atoms with Crippen LogP contribution in [0.2, 0.25) is 0 Å². The summed E-state index contributed by atoms with van der Waals surface area (Å²) in [7, 11) is 0. The van der Waals surface area contributed by atoms with E-state index in [0.717, 1.165) is 28.8 Å². The zero-order valence-corrected chi connectivity index (χ0v) is 26.5. The van der Waals surface area contributed by atoms with Crippen LogP contribution in [0.5, 0.6) is 23.0 Å². The largest absolute Gasteiger partial charge is 0.504 e. The van der Waals surface area contributed by atoms with Gasteiger partial charge in [0.2, 0.25) is 0 Å². The van der Waals surface area contributed by atoms with E-state index in [1.807, 2.05) is 24.3 Å². The lowest BCUT2D eigenvalue weighted by Gasteiger charge is -2.66. The molecule has 2 aromatic rings. The SMILES string of the molecule is C=CCN1CCC23c4c5ccc(O)c4OC2C(=O)C(C2CC[C@@]4(O)C6Cc7ccc(O)c8c7C4(CCN6CC=C)C2O8)C[C@@]3(O)C1C5. The molecule has 2 spiro atoms. The van der Waals surface area contributed by atoms with Crippen LogP contribution in [0.3, 0.4) is 0 Å². The first-order chi connectivity index (χ1) is 22.6. The maximum Gasteiger partial charge on any atom is 0.177 e. The molecule has 246 valence electrons. The van der Waals surface area contributed by atoms with Crippen LogP contribution in [0, 0.1) is 11.8 Å². The van der Waals surface area contributed by atoms with E-state index < -0.39 is 40.2 Å². The first-order valence-electron chi connectivity index (χ1n) is 17.4. The summed E-state index contributed by atoms with van der Waals surface area (Å²) >= 11 is 0. The van der Waals surface area contributed by atoms with Crippen molar-refractivity contribution in [2.75, 3.05) is 26.2 Å². The van der Waals surface area contributed by atoms with Crippen LogP contribution in [-0.4, -0.2) is 97.7 Å². The van der Waals surface area contributed by atoms with E-state index in [-0.39, 0.29) is 41.7 Å². The number of hydrogen-bond acceptors (Lipinski definition) is 9. The van der Waals surface area contributed by atoms with Crippen molar-refractivity contribution in [1.29, 1.82) is 0 Å². The predicted octanol–water partition coefficient (Wildman–Crippen LogP) is 2.89. The molecule has 47 heavy (non-hydrogen) atoms. The fourth-order valence-electron chi connectivity index (χ4n) is 12.7. The van der Waals surface area contributed by atoms with Gasteiger partial charge < -0.3 is 29.9 Å². The number of rotatable bonds is 5. The quantitative estimate of drug-likeness (QED) is 0.367. The number of likely N-dealkylation sites (tertiary alicyclic amines) is 2. The third kappa shape index (κ3) is 2.98. The Labute approximate surface area is 274 Å². The zero-order chi connectivity index (χ0) is 32.2. The normalized spacial score (nSPS) is 43.4. The number of hydrogen-bond donors (Lipinski definition) is 4. The van der Waals surface area contributed by atoms with Gasteiger partial charge in [0, 0.05) is 54.7 Å². The van der Waals surface area contributed by atoms with Crippen LogP contribution in [0.15, 0.2) is 49.6 Å². The summed E-state index contributed by atoms with van der Waals surface area (Å²) in [4.78, 5) is 19.7. The van der Waals surface area contributed by atoms with Crippen molar-refractivity contribution in [2.24, 2.45) is 11.8 Å². The van der Waals surface area contributed by atoms with E-state index in [0.29, 0.717) is 69.7 Å². The molecular formula is C38H42N2O7. The van der Waals surface area contributed by atoms with Crippen molar-refractivity contribution in [3.8, 4) is 23.0 Å². The average molecular weight is 639 g/mol. The van der Waals surface area contributed by atoms with Gasteiger partial charge in [0.15, 0.2) is 34.9 Å². The average Bonchev–Trinajstić information content (AvgIpc) is 3.59. The van der Waals surface area contributed by atoms with Crippen molar-refractivity contribution in [3.05, 3.63) is 71.8 Å². The maximum absolute atomic E-state index is 15.1. The minimum atomic E-state index is -1.30. The van der Waals surface area contributed by atoms with E-state index >= 15 is 4.79 Å². The molecule has 9 heteroatoms. The van der Waals surface area contributed by atoms with Crippen LogP contribution >= 0.6 is 0 Å². The number of ketones is 1. The smallest absolute Gasteiger partial charge is 0.177 e. The van der Waals surface area contributed by atoms with E-state index in [9.17, 15) is 20.4 Å². The molecule has 2 aromatic carbocycles. The van der Waals surface area contributed by atoms with E-state index in [2.05, 4.69) is 23.0 Å². The number of aromatic hydroxyl groups is 2. The Hall–Kier alpha value is -3.37. The number of phenolic OH excluding ortho intramolecular Hbond substituents is 2. The summed E-state index contributed by atoms with van der Waals surface area (Å²) in [5.74, 6) is -0.116. The molecule has 4 bridgehead atoms. The van der Waals surface area contributed by atoms with Crippen LogP contribution in [0.25, 0.3) is 0 Å². The van der Waals surface area contributed by atoms with E-state index in [1.165, 1.54) is 0 Å². The Balaban J connectivity index is 1.12. The fourth-order valence-corrected chi connectivity index (χ4v) is 12.7. The molecule has 2 saturated heterocycles. The third-order valence-electron chi connectivity index (χ3n) is 14.3. The van der Waals surface area contributed by atoms with Gasteiger partial charge in [-0.25, -0.2) is 0 Å². The molecule has 0 amide bonds. The van der Waals surface area contributed by atoms with Crippen LogP contribution in [-0.2, 0) is 28.5 Å². The van der Waals surface area contributed by atoms with Gasteiger partial charge in [0.25, 0.3) is 0 Å². The molecule has 4 fully saturated rings. The number of phenols is 2. The zero-order valence-electron chi connectivity index (χ0n) is 26.5. The lowest BCUT2D eigenvalue weighted by molar-refractivity contribution is -0.221. The monoisotopic (exact) mass is 638 g/mol. The molecule has 4 aliphatic heterocycles. The highest BCUT2D eigenvalue weighted by molar-refractivity contribution is 5.92. The Kier molecular flexibility index (Phi) is 5.48. The Bertz CT molecular complexity index is 1790. The van der Waals surface area contributed by atoms with E-state index in [4.69, 9.17) is 9.47 Å². The van der Waals surface area contributed by atoms with Crippen molar-refractivity contribution in [2.45, 2.75) is 91.3 Å². The highest BCUT2D eigenvalue weighted by Gasteiger charge is 2.78. The number of Topliss-reactive ketones (excluding diaryl/α,β-unsaturated/α-hetero) is 1. The summed E-state index contributed by atoms with van der Waals surface area (Å²) in [5.41, 5.74) is -0.323. The van der Waals surface area contributed by atoms with Gasteiger partial charge in [0.05, 0.1) is 22.0 Å². The number of ether oxygens (including phenoxy) is 2. The second-order valence-corrected chi connectivity index (χ2v) is 15.6. The lowest BCUT2D eigenvalue weighted by atomic mass is 9.43. The molecule has 8 unspecified atom stereocenters. The molecule has 4 aliphatic carbocycles. The highest BCUT2D eigenvalue weighted by atomic mass is 16.5. The van der Waals surface area contributed by atoms with Gasteiger partial charge in [-0.15, -0.1) is 13.2 Å². The highest BCUT2D eigenvalue weighted by Crippen LogP contribution is 2.70. The van der Waals surface area contributed by atoms with E-state index in [1.54, 1.807) is 12.1 Å². The summed E-state index contributed by atoms with van der Waals surface area (Å²) in [5, 5.41) is 48.3. The van der Waals surface area contributed by atoms with Crippen molar-refractivity contribution in [1.82, 2.24) is 9.80 Å². The Morgan fingerprint density at radius 3 is 2.02 bits per heavy atom. The van der Waals surface area contributed by atoms with Gasteiger partial charge in [0.1, 0.15) is 6.10 Å². The molecule has 10 rings (SSSR count). The summed E-state index contributed by atoms with van der Waals surface area (Å²) in [6.07, 6.45) is 5.98. The molecule has 8 aliphatic rings. The van der Waals surface area contributed by atoms with Gasteiger partial charge in [-0.05, 0) is 74.8 Å². The maximum atomic E-state index is 15.1. The second-order valence-electron chi connectivity index (χ2n) is 15.6. The fraction of sp³-hybridized carbons (Fsp3) is 0.553. The number of carbonyl (C=O) groups excluding carboxylic acids is 1. The van der Waals surface area contributed by atoms with Crippen molar-refractivity contribution in [3.63, 3.8) is 0 Å². The number of nitrogens with zero attached hydrogens (tertiary/aromatic N) is 2. The third-order valence-corrected chi connectivity index (χ3v) is 14.3. The van der Waals surface area contributed by atoms with Crippen LogP contribution in [0.4, 0.5) is 0 Å². The second kappa shape index (κ2) is 8.99. The molecule has 4 N–H and O–H groups in total. The summed E-state index contributed by atoms with van der Waals surface area (Å²) in [6, 6.07) is 6.84. The molecule has 0 aromatic heterocycles. The number of carbonyl (C=O) groups is 1. The molecule has 2 saturated carbocycles. The van der Waals surface area contributed by atoms with Crippen LogP contribution < -0.4 is 9.47 Å². The molecule has 0 radical (unpaired) electrons. The Morgan fingerprint density at radius 2 is 1.38 bits per heavy atom. The topological polar surface area (TPSA) is 123 Å². The van der Waals surface area contributed by atoms with Gasteiger partial charge >= 0.3 is 0 Å². The molecule has 4 heterocycles. The summed E-state index contributed by atoms with van der Waals surface area (Å²) < 4.78 is 13.4. The number of aliphatic hydroxyl groups is 2. The predicted molar refractivity (Wildman–Crippen MR) is 172 cm³/mol. The summed E-state index contributed by atoms with van der Waals surface area (Å²) in [6.45, 7) is 10.7. The first kappa shape index (κ1) is 28.6. The molecule has 9 nitrogen and oxygen atoms in total. The molecular weight excluding hydrogens is 596 g/mol.